The fourth-order valence-electron chi connectivity index (χ4n) is 2.71. The van der Waals surface area contributed by atoms with Crippen LogP contribution < -0.4 is 15.8 Å². The van der Waals surface area contributed by atoms with Gasteiger partial charge in [-0.2, -0.15) is 0 Å². The van der Waals surface area contributed by atoms with E-state index in [1.807, 2.05) is 0 Å². The highest BCUT2D eigenvalue weighted by Crippen LogP contribution is 2.21. The van der Waals surface area contributed by atoms with Crippen molar-refractivity contribution < 1.29 is 24.2 Å². The summed E-state index contributed by atoms with van der Waals surface area (Å²) in [7, 11) is 0. The summed E-state index contributed by atoms with van der Waals surface area (Å²) in [6.07, 6.45) is 3.04. The molecule has 0 saturated heterocycles. The van der Waals surface area contributed by atoms with Gasteiger partial charge in [0.2, 0.25) is 0 Å². The maximum absolute atomic E-state index is 12.3. The molecule has 0 aliphatic heterocycles. The predicted octanol–water partition coefficient (Wildman–Crippen LogP) is 1.59. The average molecular weight is 373 g/mol. The van der Waals surface area contributed by atoms with E-state index in [9.17, 15) is 9.59 Å². The van der Waals surface area contributed by atoms with E-state index in [0.717, 1.165) is 25.7 Å². The second-order valence-electron chi connectivity index (χ2n) is 5.81. The number of hydrogen-bond acceptors (Lipinski definition) is 5. The third kappa shape index (κ3) is 7.29. The SMILES string of the molecule is Cl.NCCOc1ccc(C(=O)NC2CCC(OCC(=O)O)CC2)cc1. The van der Waals surface area contributed by atoms with E-state index in [4.69, 9.17) is 20.3 Å². The number of benzene rings is 1. The topological polar surface area (TPSA) is 111 Å². The molecule has 2 rings (SSSR count). The van der Waals surface area contributed by atoms with Crippen LogP contribution in [0.2, 0.25) is 0 Å². The number of amides is 1. The molecule has 1 aliphatic carbocycles. The molecule has 7 nitrogen and oxygen atoms in total. The lowest BCUT2D eigenvalue weighted by molar-refractivity contribution is -0.145. The van der Waals surface area contributed by atoms with Gasteiger partial charge < -0.3 is 25.6 Å². The highest BCUT2D eigenvalue weighted by atomic mass is 35.5. The predicted molar refractivity (Wildman–Crippen MR) is 95.3 cm³/mol. The van der Waals surface area contributed by atoms with Crippen LogP contribution >= 0.6 is 12.4 Å². The zero-order valence-electron chi connectivity index (χ0n) is 14.0. The molecule has 1 aliphatic rings. The molecular weight excluding hydrogens is 348 g/mol. The van der Waals surface area contributed by atoms with Gasteiger partial charge in [-0.1, -0.05) is 0 Å². The molecule has 1 amide bonds. The minimum atomic E-state index is -0.954. The highest BCUT2D eigenvalue weighted by Gasteiger charge is 2.23. The van der Waals surface area contributed by atoms with Crippen molar-refractivity contribution in [2.75, 3.05) is 19.8 Å². The van der Waals surface area contributed by atoms with Crippen molar-refractivity contribution in [3.63, 3.8) is 0 Å². The summed E-state index contributed by atoms with van der Waals surface area (Å²) in [4.78, 5) is 22.7. The van der Waals surface area contributed by atoms with Gasteiger partial charge in [-0.15, -0.1) is 12.4 Å². The van der Waals surface area contributed by atoms with Gasteiger partial charge in [0.25, 0.3) is 5.91 Å². The Labute approximate surface area is 153 Å². The quantitative estimate of drug-likeness (QED) is 0.639. The summed E-state index contributed by atoms with van der Waals surface area (Å²) < 4.78 is 10.7. The number of nitrogens with two attached hydrogens (primary N) is 1. The lowest BCUT2D eigenvalue weighted by Gasteiger charge is -2.28. The van der Waals surface area contributed by atoms with Gasteiger partial charge in [0.15, 0.2) is 0 Å². The second kappa shape index (κ2) is 10.9. The fourth-order valence-corrected chi connectivity index (χ4v) is 2.71. The number of aliphatic carboxylic acids is 1. The smallest absolute Gasteiger partial charge is 0.329 e. The molecule has 4 N–H and O–H groups in total. The van der Waals surface area contributed by atoms with Gasteiger partial charge in [-0.25, -0.2) is 4.79 Å². The first-order valence-electron chi connectivity index (χ1n) is 8.15. The van der Waals surface area contributed by atoms with Crippen LogP contribution in [0.3, 0.4) is 0 Å². The Balaban J connectivity index is 0.00000312. The van der Waals surface area contributed by atoms with Gasteiger partial charge in [-0.05, 0) is 49.9 Å². The van der Waals surface area contributed by atoms with Gasteiger partial charge in [0.1, 0.15) is 19.0 Å². The zero-order chi connectivity index (χ0) is 17.4. The van der Waals surface area contributed by atoms with Crippen LogP contribution in [-0.2, 0) is 9.53 Å². The molecule has 0 bridgehead atoms. The van der Waals surface area contributed by atoms with E-state index >= 15 is 0 Å². The molecule has 0 radical (unpaired) electrons. The van der Waals surface area contributed by atoms with Crippen LogP contribution in [0, 0.1) is 0 Å². The molecule has 140 valence electrons. The van der Waals surface area contributed by atoms with Crippen molar-refractivity contribution in [1.82, 2.24) is 5.32 Å². The lowest BCUT2D eigenvalue weighted by atomic mass is 9.92. The number of halogens is 1. The molecule has 1 saturated carbocycles. The number of carbonyl (C=O) groups is 2. The minimum absolute atomic E-state index is 0. The summed E-state index contributed by atoms with van der Waals surface area (Å²) in [6, 6.07) is 7.05. The molecule has 1 aromatic carbocycles. The number of hydrogen-bond donors (Lipinski definition) is 3. The van der Waals surface area contributed by atoms with E-state index in [-0.39, 0.29) is 37.1 Å². The molecular formula is C17H25ClN2O5. The summed E-state index contributed by atoms with van der Waals surface area (Å²) in [5.74, 6) is -0.382. The lowest BCUT2D eigenvalue weighted by Crippen LogP contribution is -2.39. The highest BCUT2D eigenvalue weighted by molar-refractivity contribution is 5.94. The van der Waals surface area contributed by atoms with Crippen molar-refractivity contribution >= 4 is 24.3 Å². The molecule has 1 fully saturated rings. The molecule has 25 heavy (non-hydrogen) atoms. The summed E-state index contributed by atoms with van der Waals surface area (Å²) in [5, 5.41) is 11.6. The Morgan fingerprint density at radius 2 is 1.80 bits per heavy atom. The Hall–Kier alpha value is -1.83. The Bertz CT molecular complexity index is 544. The molecule has 0 unspecified atom stereocenters. The van der Waals surface area contributed by atoms with Crippen LogP contribution in [0.1, 0.15) is 36.0 Å². The first-order valence-corrected chi connectivity index (χ1v) is 8.15. The van der Waals surface area contributed by atoms with E-state index in [1.165, 1.54) is 0 Å². The number of carboxylic acid groups (broad SMARTS) is 1. The maximum Gasteiger partial charge on any atom is 0.329 e. The van der Waals surface area contributed by atoms with Crippen molar-refractivity contribution in [3.8, 4) is 5.75 Å². The number of rotatable bonds is 8. The van der Waals surface area contributed by atoms with Gasteiger partial charge in [0.05, 0.1) is 6.10 Å². The van der Waals surface area contributed by atoms with Crippen molar-refractivity contribution in [2.24, 2.45) is 5.73 Å². The molecule has 0 heterocycles. The van der Waals surface area contributed by atoms with Crippen LogP contribution in [0.25, 0.3) is 0 Å². The van der Waals surface area contributed by atoms with Crippen molar-refractivity contribution in [3.05, 3.63) is 29.8 Å². The summed E-state index contributed by atoms with van der Waals surface area (Å²) in [6.45, 7) is 0.625. The molecule has 0 atom stereocenters. The molecule has 0 spiro atoms. The van der Waals surface area contributed by atoms with Gasteiger partial charge >= 0.3 is 5.97 Å². The number of carboxylic acids is 1. The first kappa shape index (κ1) is 21.2. The van der Waals surface area contributed by atoms with Crippen molar-refractivity contribution in [2.45, 2.75) is 37.8 Å². The van der Waals surface area contributed by atoms with E-state index in [0.29, 0.717) is 24.5 Å². The van der Waals surface area contributed by atoms with Gasteiger partial charge in [-0.3, -0.25) is 4.79 Å². The Kier molecular flexibility index (Phi) is 9.26. The number of carbonyl (C=O) groups excluding carboxylic acids is 1. The molecule has 8 heteroatoms. The second-order valence-corrected chi connectivity index (χ2v) is 5.81. The normalized spacial score (nSPS) is 19.6. The summed E-state index contributed by atoms with van der Waals surface area (Å²) in [5.41, 5.74) is 5.96. The largest absolute Gasteiger partial charge is 0.492 e. The Morgan fingerprint density at radius 3 is 2.36 bits per heavy atom. The van der Waals surface area contributed by atoms with Crippen LogP contribution in [0.5, 0.6) is 5.75 Å². The van der Waals surface area contributed by atoms with E-state index in [2.05, 4.69) is 5.32 Å². The van der Waals surface area contributed by atoms with Crippen LogP contribution in [0.15, 0.2) is 24.3 Å². The monoisotopic (exact) mass is 372 g/mol. The third-order valence-corrected chi connectivity index (χ3v) is 3.96. The number of ether oxygens (including phenoxy) is 2. The van der Waals surface area contributed by atoms with E-state index < -0.39 is 5.97 Å². The van der Waals surface area contributed by atoms with Gasteiger partial charge in [0, 0.05) is 18.2 Å². The average Bonchev–Trinajstić information content (AvgIpc) is 2.59. The number of nitrogens with one attached hydrogen (secondary N) is 1. The molecule has 0 aromatic heterocycles. The van der Waals surface area contributed by atoms with Crippen LogP contribution in [0.4, 0.5) is 0 Å². The zero-order valence-corrected chi connectivity index (χ0v) is 14.8. The molecule has 1 aromatic rings. The maximum atomic E-state index is 12.3. The fraction of sp³-hybridized carbons (Fsp3) is 0.529. The van der Waals surface area contributed by atoms with E-state index in [1.54, 1.807) is 24.3 Å². The summed E-state index contributed by atoms with van der Waals surface area (Å²) >= 11 is 0. The standard InChI is InChI=1S/C17H24N2O5.ClH/c18-9-10-23-14-5-1-12(2-6-14)17(22)19-13-3-7-15(8-4-13)24-11-16(20)21;/h1-2,5-6,13,15H,3-4,7-11,18H2,(H,19,22)(H,20,21);1H. The minimum Gasteiger partial charge on any atom is -0.492 e. The Morgan fingerprint density at radius 1 is 1.16 bits per heavy atom. The first-order chi connectivity index (χ1) is 11.6. The van der Waals surface area contributed by atoms with Crippen LogP contribution in [-0.4, -0.2) is 48.9 Å². The van der Waals surface area contributed by atoms with Crippen molar-refractivity contribution in [1.29, 1.82) is 0 Å². The third-order valence-electron chi connectivity index (χ3n) is 3.96.